The van der Waals surface area contributed by atoms with E-state index in [-0.39, 0.29) is 32.1 Å². The molecule has 1 saturated heterocycles. The van der Waals surface area contributed by atoms with E-state index in [2.05, 4.69) is 4.98 Å². The summed E-state index contributed by atoms with van der Waals surface area (Å²) in [5, 5.41) is 0. The van der Waals surface area contributed by atoms with Crippen LogP contribution in [0.25, 0.3) is 0 Å². The lowest BCUT2D eigenvalue weighted by atomic mass is 10.1. The number of hydrogen-bond donors (Lipinski definition) is 0. The van der Waals surface area contributed by atoms with Gasteiger partial charge in [-0.2, -0.15) is 0 Å². The van der Waals surface area contributed by atoms with Crippen molar-refractivity contribution in [3.63, 3.8) is 0 Å². The van der Waals surface area contributed by atoms with Gasteiger partial charge in [-0.15, -0.1) is 0 Å². The fourth-order valence-electron chi connectivity index (χ4n) is 2.02. The molecule has 3 rings (SSSR count). The average Bonchev–Trinajstić information content (AvgIpc) is 2.25. The van der Waals surface area contributed by atoms with E-state index in [1.807, 2.05) is 0 Å². The third-order valence-corrected chi connectivity index (χ3v) is 2.90. The summed E-state index contributed by atoms with van der Waals surface area (Å²) in [4.78, 5) is 17.1. The number of ketones is 1. The van der Waals surface area contributed by atoms with Gasteiger partial charge in [0.05, 0.1) is 25.4 Å². The molecule has 0 aliphatic carbocycles. The van der Waals surface area contributed by atoms with Crippen molar-refractivity contribution in [2.24, 2.45) is 0 Å². The van der Waals surface area contributed by atoms with Gasteiger partial charge in [-0.1, -0.05) is 0 Å². The highest BCUT2D eigenvalue weighted by molar-refractivity contribution is 5.98. The standard InChI is InChI=1S/C11H10F2N2O2/c12-11(13)5-15(6-11)10-2-1-7-8(14-10)3-17-4-9(7)16/h1-2H,3-6H2. The Hall–Kier alpha value is -1.56. The Kier molecular flexibility index (Phi) is 2.16. The second-order valence-corrected chi connectivity index (χ2v) is 4.29. The average molecular weight is 240 g/mol. The fourth-order valence-corrected chi connectivity index (χ4v) is 2.02. The van der Waals surface area contributed by atoms with E-state index in [4.69, 9.17) is 4.74 Å². The van der Waals surface area contributed by atoms with Gasteiger partial charge in [-0.05, 0) is 12.1 Å². The fraction of sp³-hybridized carbons (Fsp3) is 0.455. The molecule has 0 saturated carbocycles. The number of carbonyl (C=O) groups is 1. The maximum atomic E-state index is 12.7. The molecule has 0 unspecified atom stereocenters. The highest BCUT2D eigenvalue weighted by Gasteiger charge is 2.44. The van der Waals surface area contributed by atoms with Crippen LogP contribution in [0, 0.1) is 0 Å². The predicted molar refractivity (Wildman–Crippen MR) is 55.4 cm³/mol. The molecule has 3 heterocycles. The van der Waals surface area contributed by atoms with Gasteiger partial charge in [-0.3, -0.25) is 4.79 Å². The number of pyridine rings is 1. The van der Waals surface area contributed by atoms with Crippen LogP contribution >= 0.6 is 0 Å². The molecule has 0 spiro atoms. The van der Waals surface area contributed by atoms with Crippen LogP contribution in [0.5, 0.6) is 0 Å². The van der Waals surface area contributed by atoms with Crippen LogP contribution in [0.2, 0.25) is 0 Å². The molecule has 2 aliphatic rings. The van der Waals surface area contributed by atoms with E-state index in [0.717, 1.165) is 0 Å². The van der Waals surface area contributed by atoms with Gasteiger partial charge in [0.1, 0.15) is 12.4 Å². The Morgan fingerprint density at radius 1 is 1.29 bits per heavy atom. The lowest BCUT2D eigenvalue weighted by Crippen LogP contribution is -2.56. The molecular weight excluding hydrogens is 230 g/mol. The van der Waals surface area contributed by atoms with Gasteiger partial charge < -0.3 is 9.64 Å². The zero-order valence-corrected chi connectivity index (χ0v) is 8.95. The number of ether oxygens (including phenoxy) is 1. The highest BCUT2D eigenvalue weighted by atomic mass is 19.3. The van der Waals surface area contributed by atoms with Crippen LogP contribution in [-0.2, 0) is 11.3 Å². The number of nitrogens with zero attached hydrogens (tertiary/aromatic N) is 2. The predicted octanol–water partition coefficient (Wildman–Crippen LogP) is 1.25. The number of alkyl halides is 2. The maximum absolute atomic E-state index is 12.7. The first-order valence-electron chi connectivity index (χ1n) is 5.29. The summed E-state index contributed by atoms with van der Waals surface area (Å²) in [6, 6.07) is 3.25. The third kappa shape index (κ3) is 1.78. The molecule has 0 amide bonds. The molecule has 90 valence electrons. The first kappa shape index (κ1) is 10.6. The van der Waals surface area contributed by atoms with E-state index in [1.54, 1.807) is 12.1 Å². The Labute approximate surface area is 96.2 Å². The normalized spacial score (nSPS) is 22.0. The van der Waals surface area contributed by atoms with Gasteiger partial charge in [0.2, 0.25) is 0 Å². The van der Waals surface area contributed by atoms with Crippen molar-refractivity contribution in [2.45, 2.75) is 12.5 Å². The Morgan fingerprint density at radius 3 is 2.76 bits per heavy atom. The molecule has 0 atom stereocenters. The summed E-state index contributed by atoms with van der Waals surface area (Å²) in [6.45, 7) is -0.295. The summed E-state index contributed by atoms with van der Waals surface area (Å²) < 4.78 is 30.5. The van der Waals surface area contributed by atoms with Crippen molar-refractivity contribution in [1.29, 1.82) is 0 Å². The van der Waals surface area contributed by atoms with Crippen LogP contribution < -0.4 is 4.90 Å². The molecule has 4 nitrogen and oxygen atoms in total. The summed E-state index contributed by atoms with van der Waals surface area (Å²) in [6.07, 6.45) is 0. The first-order valence-corrected chi connectivity index (χ1v) is 5.29. The number of carbonyl (C=O) groups excluding carboxylic acids is 1. The number of anilines is 1. The number of rotatable bonds is 1. The molecule has 1 aromatic rings. The van der Waals surface area contributed by atoms with Gasteiger partial charge in [0.25, 0.3) is 5.92 Å². The summed E-state index contributed by atoms with van der Waals surface area (Å²) in [7, 11) is 0. The van der Waals surface area contributed by atoms with Gasteiger partial charge >= 0.3 is 0 Å². The molecule has 1 aromatic heterocycles. The van der Waals surface area contributed by atoms with Gasteiger partial charge in [0.15, 0.2) is 5.78 Å². The summed E-state index contributed by atoms with van der Waals surface area (Å²) in [5.41, 5.74) is 1.07. The smallest absolute Gasteiger partial charge is 0.282 e. The molecule has 0 aromatic carbocycles. The quantitative estimate of drug-likeness (QED) is 0.741. The van der Waals surface area contributed by atoms with E-state index in [9.17, 15) is 13.6 Å². The van der Waals surface area contributed by atoms with Crippen LogP contribution in [0.15, 0.2) is 12.1 Å². The van der Waals surface area contributed by atoms with Crippen molar-refractivity contribution >= 4 is 11.6 Å². The van der Waals surface area contributed by atoms with Crippen LogP contribution in [-0.4, -0.2) is 36.4 Å². The number of fused-ring (bicyclic) bond motifs is 1. The van der Waals surface area contributed by atoms with Crippen molar-refractivity contribution < 1.29 is 18.3 Å². The van der Waals surface area contributed by atoms with E-state index in [1.165, 1.54) is 4.90 Å². The van der Waals surface area contributed by atoms with Crippen LogP contribution in [0.3, 0.4) is 0 Å². The summed E-state index contributed by atoms with van der Waals surface area (Å²) >= 11 is 0. The lowest BCUT2D eigenvalue weighted by molar-refractivity contribution is -0.0267. The monoisotopic (exact) mass is 240 g/mol. The number of aromatic nitrogens is 1. The van der Waals surface area contributed by atoms with Crippen LogP contribution in [0.1, 0.15) is 16.1 Å². The molecule has 0 bridgehead atoms. The number of Topliss-reactive ketones (excluding diaryl/α,β-unsaturated/α-hetero) is 1. The van der Waals surface area contributed by atoms with Crippen molar-refractivity contribution in [1.82, 2.24) is 4.98 Å². The minimum atomic E-state index is -2.62. The minimum absolute atomic E-state index is 0.0653. The second-order valence-electron chi connectivity index (χ2n) is 4.29. The Bertz CT molecular complexity index is 482. The highest BCUT2D eigenvalue weighted by Crippen LogP contribution is 2.31. The molecule has 6 heteroatoms. The SMILES string of the molecule is O=C1COCc2nc(N3CC(F)(F)C3)ccc21. The first-order chi connectivity index (χ1) is 8.05. The molecule has 17 heavy (non-hydrogen) atoms. The largest absolute Gasteiger partial charge is 0.367 e. The zero-order chi connectivity index (χ0) is 12.0. The topological polar surface area (TPSA) is 42.4 Å². The molecule has 0 N–H and O–H groups in total. The van der Waals surface area contributed by atoms with Gasteiger partial charge in [-0.25, -0.2) is 13.8 Å². The lowest BCUT2D eigenvalue weighted by Gasteiger charge is -2.39. The zero-order valence-electron chi connectivity index (χ0n) is 8.95. The molecule has 1 fully saturated rings. The molecule has 0 radical (unpaired) electrons. The molecular formula is C11H10F2N2O2. The van der Waals surface area contributed by atoms with E-state index < -0.39 is 5.92 Å². The number of halogens is 2. The van der Waals surface area contributed by atoms with Crippen molar-refractivity contribution in [2.75, 3.05) is 24.6 Å². The Balaban J connectivity index is 1.87. The van der Waals surface area contributed by atoms with Gasteiger partial charge in [0, 0.05) is 5.56 Å². The van der Waals surface area contributed by atoms with Crippen molar-refractivity contribution in [3.8, 4) is 0 Å². The maximum Gasteiger partial charge on any atom is 0.282 e. The summed E-state index contributed by atoms with van der Waals surface area (Å²) in [5.74, 6) is -2.25. The second kappa shape index (κ2) is 3.46. The molecule has 2 aliphatic heterocycles. The van der Waals surface area contributed by atoms with E-state index in [0.29, 0.717) is 17.1 Å². The van der Waals surface area contributed by atoms with Crippen LogP contribution in [0.4, 0.5) is 14.6 Å². The minimum Gasteiger partial charge on any atom is -0.367 e. The Morgan fingerprint density at radius 2 is 2.06 bits per heavy atom. The van der Waals surface area contributed by atoms with E-state index >= 15 is 0 Å². The number of hydrogen-bond acceptors (Lipinski definition) is 4. The third-order valence-electron chi connectivity index (χ3n) is 2.90. The van der Waals surface area contributed by atoms with Crippen molar-refractivity contribution in [3.05, 3.63) is 23.4 Å².